The van der Waals surface area contributed by atoms with Crippen molar-refractivity contribution in [3.8, 4) is 0 Å². The van der Waals surface area contributed by atoms with Gasteiger partial charge in [0.05, 0.1) is 18.2 Å². The Morgan fingerprint density at radius 2 is 2.17 bits per heavy atom. The zero-order chi connectivity index (χ0) is 17.1. The van der Waals surface area contributed by atoms with Crippen LogP contribution in [0.3, 0.4) is 0 Å². The summed E-state index contributed by atoms with van der Waals surface area (Å²) in [6.45, 7) is 3.73. The predicted octanol–water partition coefficient (Wildman–Crippen LogP) is 2.22. The summed E-state index contributed by atoms with van der Waals surface area (Å²) in [6.07, 6.45) is 6.16. The lowest BCUT2D eigenvalue weighted by molar-refractivity contribution is 0.0531. The molecular weight excluding hydrogens is 328 g/mol. The van der Waals surface area contributed by atoms with Gasteiger partial charge < -0.3 is 4.74 Å². The van der Waals surface area contributed by atoms with Gasteiger partial charge in [0, 0.05) is 12.4 Å². The summed E-state index contributed by atoms with van der Waals surface area (Å²) in [7, 11) is 0. The molecule has 3 heterocycles. The lowest BCUT2D eigenvalue weighted by atomic mass is 10.2. The van der Waals surface area contributed by atoms with Crippen molar-refractivity contribution in [3.63, 3.8) is 0 Å². The van der Waals surface area contributed by atoms with Crippen molar-refractivity contribution in [2.45, 2.75) is 13.8 Å². The number of thiophene rings is 1. The van der Waals surface area contributed by atoms with E-state index in [-0.39, 0.29) is 12.2 Å². The Bertz CT molecular complexity index is 976. The van der Waals surface area contributed by atoms with E-state index < -0.39 is 5.97 Å². The van der Waals surface area contributed by atoms with E-state index in [0.29, 0.717) is 20.7 Å². The molecule has 0 unspecified atom stereocenters. The molecule has 3 aromatic heterocycles. The Labute approximate surface area is 141 Å². The molecule has 0 aliphatic heterocycles. The average Bonchev–Trinajstić information content (AvgIpc) is 2.93. The normalized spacial score (nSPS) is 11.2. The van der Waals surface area contributed by atoms with Gasteiger partial charge in [0.15, 0.2) is 0 Å². The standard InChI is InChI=1S/C16H14N4O3S/c1-3-23-16(22)13-10(2)12-14(24-13)18-9-20(15(12)21)19-8-11-4-6-17-7-5-11/h4-9H,3H2,1-2H3/b19-8+. The van der Waals surface area contributed by atoms with Gasteiger partial charge in [0.2, 0.25) is 0 Å². The fourth-order valence-electron chi connectivity index (χ4n) is 2.17. The zero-order valence-corrected chi connectivity index (χ0v) is 13.9. The van der Waals surface area contributed by atoms with Gasteiger partial charge in [0.25, 0.3) is 5.56 Å². The van der Waals surface area contributed by atoms with E-state index >= 15 is 0 Å². The molecule has 0 aromatic carbocycles. The number of hydrogen-bond donors (Lipinski definition) is 0. The second-order valence-corrected chi connectivity index (χ2v) is 5.88. The highest BCUT2D eigenvalue weighted by atomic mass is 32.1. The molecule has 122 valence electrons. The molecule has 3 rings (SSSR count). The number of nitrogens with zero attached hydrogens (tertiary/aromatic N) is 4. The first-order valence-electron chi connectivity index (χ1n) is 7.24. The third-order valence-corrected chi connectivity index (χ3v) is 4.51. The van der Waals surface area contributed by atoms with Gasteiger partial charge >= 0.3 is 5.97 Å². The largest absolute Gasteiger partial charge is 0.462 e. The van der Waals surface area contributed by atoms with Gasteiger partial charge in [-0.2, -0.15) is 9.78 Å². The number of aryl methyl sites for hydroxylation is 1. The van der Waals surface area contributed by atoms with Gasteiger partial charge in [-0.3, -0.25) is 9.78 Å². The van der Waals surface area contributed by atoms with Crippen LogP contribution in [0.1, 0.15) is 27.7 Å². The van der Waals surface area contributed by atoms with Gasteiger partial charge in [0.1, 0.15) is 16.0 Å². The van der Waals surface area contributed by atoms with Gasteiger partial charge in [-0.1, -0.05) is 0 Å². The second kappa shape index (κ2) is 6.71. The van der Waals surface area contributed by atoms with Crippen molar-refractivity contribution in [1.29, 1.82) is 0 Å². The smallest absolute Gasteiger partial charge is 0.348 e. The van der Waals surface area contributed by atoms with Crippen LogP contribution >= 0.6 is 11.3 Å². The minimum absolute atomic E-state index is 0.278. The van der Waals surface area contributed by atoms with Crippen LogP contribution in [0.4, 0.5) is 0 Å². The van der Waals surface area contributed by atoms with Gasteiger partial charge in [-0.15, -0.1) is 11.3 Å². The Hall–Kier alpha value is -2.87. The number of hydrogen-bond acceptors (Lipinski definition) is 7. The minimum atomic E-state index is -0.441. The summed E-state index contributed by atoms with van der Waals surface area (Å²) >= 11 is 1.15. The maximum atomic E-state index is 12.6. The minimum Gasteiger partial charge on any atom is -0.462 e. The molecule has 0 bridgehead atoms. The maximum Gasteiger partial charge on any atom is 0.348 e. The molecule has 7 nitrogen and oxygen atoms in total. The molecular formula is C16H14N4O3S. The van der Waals surface area contributed by atoms with E-state index in [1.54, 1.807) is 44.6 Å². The summed E-state index contributed by atoms with van der Waals surface area (Å²) in [5, 5.41) is 4.52. The van der Waals surface area contributed by atoms with Crippen molar-refractivity contribution in [2.24, 2.45) is 5.10 Å². The second-order valence-electron chi connectivity index (χ2n) is 4.88. The fourth-order valence-corrected chi connectivity index (χ4v) is 3.20. The third-order valence-electron chi connectivity index (χ3n) is 3.33. The van der Waals surface area contributed by atoms with Crippen molar-refractivity contribution in [1.82, 2.24) is 14.6 Å². The van der Waals surface area contributed by atoms with E-state index in [4.69, 9.17) is 4.74 Å². The van der Waals surface area contributed by atoms with Crippen LogP contribution in [0.25, 0.3) is 10.2 Å². The molecule has 0 radical (unpaired) electrons. The monoisotopic (exact) mass is 342 g/mol. The molecule has 0 spiro atoms. The molecule has 8 heteroatoms. The molecule has 0 aliphatic rings. The number of rotatable bonds is 4. The van der Waals surface area contributed by atoms with Crippen LogP contribution in [0.15, 0.2) is 40.7 Å². The van der Waals surface area contributed by atoms with E-state index in [1.807, 2.05) is 0 Å². The van der Waals surface area contributed by atoms with Gasteiger partial charge in [-0.05, 0) is 37.1 Å². The number of fused-ring (bicyclic) bond motifs is 1. The van der Waals surface area contributed by atoms with Crippen LogP contribution in [0.5, 0.6) is 0 Å². The van der Waals surface area contributed by atoms with Gasteiger partial charge in [-0.25, -0.2) is 9.78 Å². The molecule has 0 saturated carbocycles. The lowest BCUT2D eigenvalue weighted by Crippen LogP contribution is -2.17. The molecule has 0 saturated heterocycles. The number of ether oxygens (including phenoxy) is 1. The van der Waals surface area contributed by atoms with Crippen molar-refractivity contribution in [3.05, 3.63) is 57.2 Å². The molecule has 0 N–H and O–H groups in total. The van der Waals surface area contributed by atoms with Crippen LogP contribution in [-0.4, -0.2) is 33.4 Å². The highest BCUT2D eigenvalue weighted by Crippen LogP contribution is 2.27. The van der Waals surface area contributed by atoms with E-state index in [0.717, 1.165) is 21.6 Å². The van der Waals surface area contributed by atoms with Crippen molar-refractivity contribution < 1.29 is 9.53 Å². The summed E-state index contributed by atoms with van der Waals surface area (Å²) in [4.78, 5) is 33.6. The summed E-state index contributed by atoms with van der Waals surface area (Å²) in [6, 6.07) is 3.55. The number of carbonyl (C=O) groups excluding carboxylic acids is 1. The maximum absolute atomic E-state index is 12.6. The Morgan fingerprint density at radius 1 is 1.42 bits per heavy atom. The molecule has 0 fully saturated rings. The number of carbonyl (C=O) groups is 1. The first kappa shape index (κ1) is 16.0. The molecule has 3 aromatic rings. The number of esters is 1. The predicted molar refractivity (Wildman–Crippen MR) is 91.8 cm³/mol. The van der Waals surface area contributed by atoms with Crippen LogP contribution < -0.4 is 5.56 Å². The SMILES string of the molecule is CCOC(=O)c1sc2ncn(/N=C/c3ccncc3)c(=O)c2c1C. The average molecular weight is 342 g/mol. The molecule has 0 amide bonds. The fraction of sp³-hybridized carbons (Fsp3) is 0.188. The summed E-state index contributed by atoms with van der Waals surface area (Å²) in [5.74, 6) is -0.441. The quantitative estimate of drug-likeness (QED) is 0.536. The Kier molecular flexibility index (Phi) is 4.48. The Balaban J connectivity index is 2.05. The zero-order valence-electron chi connectivity index (χ0n) is 13.1. The molecule has 24 heavy (non-hydrogen) atoms. The summed E-state index contributed by atoms with van der Waals surface area (Å²) in [5.41, 5.74) is 1.06. The third kappa shape index (κ3) is 2.95. The molecule has 0 aliphatic carbocycles. The summed E-state index contributed by atoms with van der Waals surface area (Å²) < 4.78 is 6.16. The highest BCUT2D eigenvalue weighted by molar-refractivity contribution is 7.20. The van der Waals surface area contributed by atoms with Crippen LogP contribution in [0.2, 0.25) is 0 Å². The Morgan fingerprint density at radius 3 is 2.88 bits per heavy atom. The van der Waals surface area contributed by atoms with E-state index in [1.165, 1.54) is 6.33 Å². The topological polar surface area (TPSA) is 86.4 Å². The van der Waals surface area contributed by atoms with Crippen molar-refractivity contribution >= 4 is 33.7 Å². The van der Waals surface area contributed by atoms with Crippen LogP contribution in [-0.2, 0) is 4.74 Å². The lowest BCUT2D eigenvalue weighted by Gasteiger charge is -1.99. The highest BCUT2D eigenvalue weighted by Gasteiger charge is 2.20. The first-order chi connectivity index (χ1) is 11.6. The number of aromatic nitrogens is 3. The first-order valence-corrected chi connectivity index (χ1v) is 8.05. The van der Waals surface area contributed by atoms with Crippen LogP contribution in [0, 0.1) is 6.92 Å². The van der Waals surface area contributed by atoms with E-state index in [2.05, 4.69) is 15.1 Å². The van der Waals surface area contributed by atoms with E-state index in [9.17, 15) is 9.59 Å². The van der Waals surface area contributed by atoms with Crippen molar-refractivity contribution in [2.75, 3.05) is 6.61 Å². The molecule has 0 atom stereocenters. The number of pyridine rings is 1.